The lowest BCUT2D eigenvalue weighted by Crippen LogP contribution is -2.46. The zero-order valence-corrected chi connectivity index (χ0v) is 14.6. The number of halogens is 2. The van der Waals surface area contributed by atoms with Gasteiger partial charge in [-0.3, -0.25) is 0 Å². The smallest absolute Gasteiger partial charge is 0.408 e. The maximum absolute atomic E-state index is 11.6. The molecule has 1 rings (SSSR count). The standard InChI is InChI=1S/C15H19Cl2NO5/c1-15(2,3)23-14(21)18-12(13(19)20)8-22-7-9-6-10(16)4-5-11(9)17/h4-6,12H,7-8H2,1-3H3,(H,18,21)(H,19,20)/t12-/m1/s1. The molecule has 0 spiro atoms. The third kappa shape index (κ3) is 7.54. The van der Waals surface area contributed by atoms with Gasteiger partial charge in [0.15, 0.2) is 6.04 Å². The molecule has 0 fully saturated rings. The van der Waals surface area contributed by atoms with Crippen LogP contribution in [0.25, 0.3) is 0 Å². The molecule has 0 aromatic heterocycles. The molecule has 2 N–H and O–H groups in total. The summed E-state index contributed by atoms with van der Waals surface area (Å²) < 4.78 is 10.3. The molecular weight excluding hydrogens is 345 g/mol. The molecule has 0 saturated carbocycles. The van der Waals surface area contributed by atoms with E-state index < -0.39 is 23.7 Å². The quantitative estimate of drug-likeness (QED) is 0.807. The van der Waals surface area contributed by atoms with Gasteiger partial charge >= 0.3 is 12.1 Å². The zero-order valence-electron chi connectivity index (χ0n) is 13.1. The van der Waals surface area contributed by atoms with Crippen LogP contribution < -0.4 is 5.32 Å². The van der Waals surface area contributed by atoms with Gasteiger partial charge in [-0.05, 0) is 44.5 Å². The first kappa shape index (κ1) is 19.5. The number of hydrogen-bond donors (Lipinski definition) is 2. The second kappa shape index (κ2) is 8.38. The van der Waals surface area contributed by atoms with Crippen LogP contribution >= 0.6 is 23.2 Å². The lowest BCUT2D eigenvalue weighted by Gasteiger charge is -2.22. The molecule has 0 radical (unpaired) electrons. The van der Waals surface area contributed by atoms with Crippen LogP contribution in [0.5, 0.6) is 0 Å². The van der Waals surface area contributed by atoms with Gasteiger partial charge in [-0.25, -0.2) is 9.59 Å². The summed E-state index contributed by atoms with van der Waals surface area (Å²) >= 11 is 11.8. The highest BCUT2D eigenvalue weighted by Gasteiger charge is 2.24. The third-order valence-corrected chi connectivity index (χ3v) is 3.14. The van der Waals surface area contributed by atoms with E-state index in [4.69, 9.17) is 37.8 Å². The lowest BCUT2D eigenvalue weighted by molar-refractivity contribution is -0.141. The van der Waals surface area contributed by atoms with Crippen molar-refractivity contribution in [2.75, 3.05) is 6.61 Å². The number of carboxylic acids is 1. The molecule has 1 atom stereocenters. The Balaban J connectivity index is 2.55. The number of aliphatic carboxylic acids is 1. The van der Waals surface area contributed by atoms with Crippen molar-refractivity contribution < 1.29 is 24.2 Å². The molecule has 0 heterocycles. The van der Waals surface area contributed by atoms with E-state index in [1.54, 1.807) is 39.0 Å². The number of hydrogen-bond acceptors (Lipinski definition) is 4. The van der Waals surface area contributed by atoms with Crippen molar-refractivity contribution in [3.05, 3.63) is 33.8 Å². The molecule has 0 aliphatic heterocycles. The number of carboxylic acid groups (broad SMARTS) is 1. The van der Waals surface area contributed by atoms with E-state index in [0.29, 0.717) is 15.6 Å². The first-order chi connectivity index (χ1) is 10.6. The topological polar surface area (TPSA) is 84.9 Å². The Morgan fingerprint density at radius 1 is 1.30 bits per heavy atom. The van der Waals surface area contributed by atoms with Crippen molar-refractivity contribution in [3.8, 4) is 0 Å². The fourth-order valence-electron chi connectivity index (χ4n) is 1.57. The molecule has 0 bridgehead atoms. The minimum atomic E-state index is -1.23. The molecule has 0 unspecified atom stereocenters. The fourth-order valence-corrected chi connectivity index (χ4v) is 1.93. The second-order valence-electron chi connectivity index (χ2n) is 5.79. The molecule has 1 aromatic carbocycles. The van der Waals surface area contributed by atoms with E-state index in [9.17, 15) is 9.59 Å². The van der Waals surface area contributed by atoms with Crippen LogP contribution in [0.1, 0.15) is 26.3 Å². The van der Waals surface area contributed by atoms with Crippen LogP contribution in [0, 0.1) is 0 Å². The average molecular weight is 364 g/mol. The zero-order chi connectivity index (χ0) is 17.6. The largest absolute Gasteiger partial charge is 0.480 e. The highest BCUT2D eigenvalue weighted by Crippen LogP contribution is 2.21. The Bertz CT molecular complexity index is 571. The summed E-state index contributed by atoms with van der Waals surface area (Å²) in [6.45, 7) is 4.87. The van der Waals surface area contributed by atoms with E-state index in [2.05, 4.69) is 5.32 Å². The maximum atomic E-state index is 11.6. The van der Waals surface area contributed by atoms with Crippen molar-refractivity contribution in [1.29, 1.82) is 0 Å². The van der Waals surface area contributed by atoms with Crippen molar-refractivity contribution in [1.82, 2.24) is 5.32 Å². The van der Waals surface area contributed by atoms with Crippen LogP contribution in [-0.2, 0) is 20.9 Å². The van der Waals surface area contributed by atoms with E-state index in [0.717, 1.165) is 0 Å². The Labute approximate surface area is 144 Å². The molecule has 1 amide bonds. The minimum absolute atomic E-state index is 0.0686. The van der Waals surface area contributed by atoms with Gasteiger partial charge in [0.2, 0.25) is 0 Å². The minimum Gasteiger partial charge on any atom is -0.480 e. The van der Waals surface area contributed by atoms with Crippen molar-refractivity contribution in [3.63, 3.8) is 0 Å². The number of carbonyl (C=O) groups is 2. The van der Waals surface area contributed by atoms with Gasteiger partial charge in [-0.2, -0.15) is 0 Å². The number of amides is 1. The SMILES string of the molecule is CC(C)(C)OC(=O)N[C@H](COCc1cc(Cl)ccc1Cl)C(=O)O. The van der Waals surface area contributed by atoms with Gasteiger partial charge in [-0.1, -0.05) is 23.2 Å². The molecule has 0 aliphatic rings. The Morgan fingerprint density at radius 3 is 2.52 bits per heavy atom. The van der Waals surface area contributed by atoms with Gasteiger partial charge < -0.3 is 19.9 Å². The fraction of sp³-hybridized carbons (Fsp3) is 0.467. The van der Waals surface area contributed by atoms with Gasteiger partial charge in [0.25, 0.3) is 0 Å². The number of carbonyl (C=O) groups excluding carboxylic acids is 1. The number of benzene rings is 1. The summed E-state index contributed by atoms with van der Waals surface area (Å²) in [5.41, 5.74) is -0.0944. The Hall–Kier alpha value is -1.50. The summed E-state index contributed by atoms with van der Waals surface area (Å²) in [6.07, 6.45) is -0.825. The van der Waals surface area contributed by atoms with E-state index in [1.807, 2.05) is 0 Å². The lowest BCUT2D eigenvalue weighted by atomic mass is 10.2. The van der Waals surface area contributed by atoms with Gasteiger partial charge in [-0.15, -0.1) is 0 Å². The average Bonchev–Trinajstić information content (AvgIpc) is 2.39. The van der Waals surface area contributed by atoms with Gasteiger partial charge in [0, 0.05) is 10.0 Å². The van der Waals surface area contributed by atoms with E-state index in [1.165, 1.54) is 0 Å². The number of nitrogens with one attached hydrogen (secondary N) is 1. The van der Waals surface area contributed by atoms with Gasteiger partial charge in [0.05, 0.1) is 13.2 Å². The van der Waals surface area contributed by atoms with Crippen molar-refractivity contribution in [2.45, 2.75) is 39.0 Å². The monoisotopic (exact) mass is 363 g/mol. The molecule has 6 nitrogen and oxygen atoms in total. The summed E-state index contributed by atoms with van der Waals surface area (Å²) in [7, 11) is 0. The number of alkyl carbamates (subject to hydrolysis) is 1. The second-order valence-corrected chi connectivity index (χ2v) is 6.63. The molecule has 0 saturated heterocycles. The molecule has 1 aromatic rings. The maximum Gasteiger partial charge on any atom is 0.408 e. The van der Waals surface area contributed by atoms with Crippen LogP contribution in [0.3, 0.4) is 0 Å². The number of rotatable bonds is 6. The van der Waals surface area contributed by atoms with Crippen LogP contribution in [0.4, 0.5) is 4.79 Å². The van der Waals surface area contributed by atoms with Crippen LogP contribution in [-0.4, -0.2) is 35.4 Å². The Kier molecular flexibility index (Phi) is 7.12. The molecule has 128 valence electrons. The summed E-state index contributed by atoms with van der Waals surface area (Å²) in [5.74, 6) is -1.23. The number of ether oxygens (including phenoxy) is 2. The third-order valence-electron chi connectivity index (χ3n) is 2.54. The van der Waals surface area contributed by atoms with Crippen molar-refractivity contribution >= 4 is 35.3 Å². The molecule has 23 heavy (non-hydrogen) atoms. The first-order valence-corrected chi connectivity index (χ1v) is 7.58. The summed E-state index contributed by atoms with van der Waals surface area (Å²) in [5, 5.41) is 12.3. The predicted molar refractivity (Wildman–Crippen MR) is 86.9 cm³/mol. The molecule has 8 heteroatoms. The molecular formula is C15H19Cl2NO5. The predicted octanol–water partition coefficient (Wildman–Crippen LogP) is 3.49. The van der Waals surface area contributed by atoms with Crippen LogP contribution in [0.15, 0.2) is 18.2 Å². The van der Waals surface area contributed by atoms with Crippen molar-refractivity contribution in [2.24, 2.45) is 0 Å². The van der Waals surface area contributed by atoms with Gasteiger partial charge in [0.1, 0.15) is 5.60 Å². The highest BCUT2D eigenvalue weighted by molar-refractivity contribution is 6.33. The Morgan fingerprint density at radius 2 is 1.96 bits per heavy atom. The summed E-state index contributed by atoms with van der Waals surface area (Å²) in [4.78, 5) is 22.8. The van der Waals surface area contributed by atoms with Crippen LogP contribution in [0.2, 0.25) is 10.0 Å². The highest BCUT2D eigenvalue weighted by atomic mass is 35.5. The normalized spacial score (nSPS) is 12.6. The van der Waals surface area contributed by atoms with E-state index in [-0.39, 0.29) is 13.2 Å². The summed E-state index contributed by atoms with van der Waals surface area (Å²) in [6, 6.07) is 3.65. The van der Waals surface area contributed by atoms with E-state index >= 15 is 0 Å². The first-order valence-electron chi connectivity index (χ1n) is 6.82. The molecule has 0 aliphatic carbocycles.